The monoisotopic (exact) mass is 410 g/mol. The van der Waals surface area contributed by atoms with Crippen LogP contribution < -0.4 is 5.84 Å². The summed E-state index contributed by atoms with van der Waals surface area (Å²) in [5.41, 5.74) is 0. The highest BCUT2D eigenvalue weighted by molar-refractivity contribution is 5.71. The summed E-state index contributed by atoms with van der Waals surface area (Å²) in [6, 6.07) is 0. The molecular formula is C16H30N2O10. The van der Waals surface area contributed by atoms with Crippen LogP contribution in [-0.2, 0) is 38.0 Å². The predicted octanol–water partition coefficient (Wildman–Crippen LogP) is -1.70. The van der Waals surface area contributed by atoms with E-state index in [1.807, 2.05) is 0 Å². The van der Waals surface area contributed by atoms with Crippen LogP contribution >= 0.6 is 0 Å². The lowest BCUT2D eigenvalue weighted by molar-refractivity contribution is -0.151. The molecule has 1 aliphatic rings. The molecule has 0 unspecified atom stereocenters. The number of hydrogen-bond acceptors (Lipinski definition) is 11. The first-order valence-corrected chi connectivity index (χ1v) is 9.01. The quantitative estimate of drug-likeness (QED) is 0.115. The molecule has 1 heterocycles. The number of hydrogen-bond donors (Lipinski definition) is 2. The first-order chi connectivity index (χ1) is 13.6. The molecule has 3 N–H and O–H groups in total. The highest BCUT2D eigenvalue weighted by Gasteiger charge is 2.29. The molecule has 1 atom stereocenters. The van der Waals surface area contributed by atoms with Crippen molar-refractivity contribution < 1.29 is 47.9 Å². The molecule has 0 saturated carbocycles. The molecule has 1 saturated heterocycles. The number of carbonyl (C=O) groups is 2. The van der Waals surface area contributed by atoms with Gasteiger partial charge in [-0.05, 0) is 0 Å². The Kier molecular flexibility index (Phi) is 14.4. The van der Waals surface area contributed by atoms with Crippen LogP contribution in [0.4, 0.5) is 4.79 Å². The van der Waals surface area contributed by atoms with Gasteiger partial charge in [-0.2, -0.15) is 0 Å². The maximum atomic E-state index is 11.5. The number of hydrazine groups is 1. The van der Waals surface area contributed by atoms with Crippen molar-refractivity contribution in [1.82, 2.24) is 5.01 Å². The van der Waals surface area contributed by atoms with Gasteiger partial charge in [-0.25, -0.2) is 20.4 Å². The molecule has 0 radical (unpaired) electrons. The first-order valence-electron chi connectivity index (χ1n) is 9.01. The zero-order chi connectivity index (χ0) is 20.5. The number of cyclic esters (lactones) is 1. The Balaban J connectivity index is 1.77. The van der Waals surface area contributed by atoms with Gasteiger partial charge in [0.15, 0.2) is 6.10 Å². The van der Waals surface area contributed by atoms with Crippen molar-refractivity contribution in [2.24, 2.45) is 5.84 Å². The predicted molar refractivity (Wildman–Crippen MR) is 93.3 cm³/mol. The largest absolute Gasteiger partial charge is 0.460 e. The minimum atomic E-state index is -0.644. The van der Waals surface area contributed by atoms with Gasteiger partial charge < -0.3 is 38.3 Å². The average Bonchev–Trinajstić information content (AvgIpc) is 3.01. The third-order valence-electron chi connectivity index (χ3n) is 3.28. The standard InChI is InChI=1S/C16H30N2O10/c17-18-11-14(28-16(18)21)12-27-15(20)13-26-10-9-25-8-7-24-6-5-23-4-3-22-2-1-19/h14,19H,1-13,17H2/t14-/m0/s1. The lowest BCUT2D eigenvalue weighted by Crippen LogP contribution is -2.33. The summed E-state index contributed by atoms with van der Waals surface area (Å²) in [6.45, 7) is 3.39. The summed E-state index contributed by atoms with van der Waals surface area (Å²) in [7, 11) is 0. The lowest BCUT2D eigenvalue weighted by Gasteiger charge is -2.10. The SMILES string of the molecule is NN1C[C@@H](COC(=O)COCCOCCOCCOCCOCCO)OC1=O. The maximum absolute atomic E-state index is 11.5. The van der Waals surface area contributed by atoms with E-state index in [0.29, 0.717) is 52.9 Å². The van der Waals surface area contributed by atoms with Crippen molar-refractivity contribution in [3.8, 4) is 0 Å². The number of aliphatic hydroxyl groups excluding tert-OH is 1. The smallest absolute Gasteiger partial charge is 0.424 e. The molecule has 1 fully saturated rings. The Morgan fingerprint density at radius 2 is 1.46 bits per heavy atom. The first kappa shape index (κ1) is 24.5. The molecular weight excluding hydrogens is 380 g/mol. The van der Waals surface area contributed by atoms with E-state index in [0.717, 1.165) is 5.01 Å². The maximum Gasteiger partial charge on any atom is 0.424 e. The molecule has 0 aromatic carbocycles. The fourth-order valence-corrected chi connectivity index (χ4v) is 1.96. The van der Waals surface area contributed by atoms with Gasteiger partial charge in [0.1, 0.15) is 13.2 Å². The van der Waals surface area contributed by atoms with Gasteiger partial charge in [-0.15, -0.1) is 0 Å². The van der Waals surface area contributed by atoms with Crippen LogP contribution in [0.5, 0.6) is 0 Å². The molecule has 1 amide bonds. The van der Waals surface area contributed by atoms with Gasteiger partial charge in [-0.1, -0.05) is 0 Å². The van der Waals surface area contributed by atoms with Crippen molar-refractivity contribution in [3.05, 3.63) is 0 Å². The molecule has 1 rings (SSSR count). The molecule has 12 nitrogen and oxygen atoms in total. The number of nitrogens with zero attached hydrogens (tertiary/aromatic N) is 1. The summed E-state index contributed by atoms with van der Waals surface area (Å²) in [4.78, 5) is 22.5. The van der Waals surface area contributed by atoms with Crippen molar-refractivity contribution >= 4 is 12.1 Å². The normalized spacial score (nSPS) is 16.4. The number of aliphatic hydroxyl groups is 1. The summed E-state index contributed by atoms with van der Waals surface area (Å²) in [5.74, 6) is 4.77. The lowest BCUT2D eigenvalue weighted by atomic mass is 10.4. The third kappa shape index (κ3) is 12.8. The van der Waals surface area contributed by atoms with Gasteiger partial charge in [0.2, 0.25) is 0 Å². The van der Waals surface area contributed by atoms with E-state index in [4.69, 9.17) is 44.1 Å². The average molecular weight is 410 g/mol. The third-order valence-corrected chi connectivity index (χ3v) is 3.28. The topological polar surface area (TPSA) is 148 Å². The van der Waals surface area contributed by atoms with E-state index < -0.39 is 18.2 Å². The molecule has 28 heavy (non-hydrogen) atoms. The van der Waals surface area contributed by atoms with Crippen LogP contribution in [0.25, 0.3) is 0 Å². The summed E-state index contributed by atoms with van der Waals surface area (Å²) >= 11 is 0. The Labute approximate surface area is 163 Å². The molecule has 0 aliphatic carbocycles. The van der Waals surface area contributed by atoms with E-state index in [1.54, 1.807) is 0 Å². The highest BCUT2D eigenvalue weighted by Crippen LogP contribution is 2.07. The van der Waals surface area contributed by atoms with Gasteiger partial charge >= 0.3 is 12.1 Å². The number of esters is 1. The number of nitrogens with two attached hydrogens (primary N) is 1. The van der Waals surface area contributed by atoms with Gasteiger partial charge in [0, 0.05) is 0 Å². The summed E-state index contributed by atoms with van der Waals surface area (Å²) < 4.78 is 35.8. The molecule has 12 heteroatoms. The number of amides is 1. The second-order valence-electron chi connectivity index (χ2n) is 5.57. The van der Waals surface area contributed by atoms with E-state index in [1.165, 1.54) is 0 Å². The zero-order valence-electron chi connectivity index (χ0n) is 15.9. The van der Waals surface area contributed by atoms with Crippen LogP contribution in [0.3, 0.4) is 0 Å². The van der Waals surface area contributed by atoms with E-state index in [2.05, 4.69) is 0 Å². The Morgan fingerprint density at radius 1 is 0.964 bits per heavy atom. The molecule has 0 aromatic heterocycles. The Hall–Kier alpha value is -1.54. The summed E-state index contributed by atoms with van der Waals surface area (Å²) in [6.07, 6.45) is -1.20. The van der Waals surface area contributed by atoms with Crippen LogP contribution in [-0.4, -0.2) is 114 Å². The molecule has 0 spiro atoms. The fraction of sp³-hybridized carbons (Fsp3) is 0.875. The summed E-state index contributed by atoms with van der Waals surface area (Å²) in [5, 5.41) is 9.43. The van der Waals surface area contributed by atoms with Crippen LogP contribution in [0, 0.1) is 0 Å². The van der Waals surface area contributed by atoms with E-state index >= 15 is 0 Å². The zero-order valence-corrected chi connectivity index (χ0v) is 15.9. The van der Waals surface area contributed by atoms with Crippen LogP contribution in [0.1, 0.15) is 0 Å². The van der Waals surface area contributed by atoms with Crippen molar-refractivity contribution in [3.63, 3.8) is 0 Å². The van der Waals surface area contributed by atoms with Crippen LogP contribution in [0.15, 0.2) is 0 Å². The minimum absolute atomic E-state index is 0.00541. The molecule has 0 aromatic rings. The highest BCUT2D eigenvalue weighted by atomic mass is 16.6. The molecule has 164 valence electrons. The van der Waals surface area contributed by atoms with Crippen molar-refractivity contribution in [1.29, 1.82) is 0 Å². The second-order valence-corrected chi connectivity index (χ2v) is 5.57. The van der Waals surface area contributed by atoms with E-state index in [-0.39, 0.29) is 33.0 Å². The van der Waals surface area contributed by atoms with Gasteiger partial charge in [0.05, 0.1) is 72.6 Å². The van der Waals surface area contributed by atoms with Crippen molar-refractivity contribution in [2.75, 3.05) is 85.8 Å². The number of ether oxygens (including phenoxy) is 7. The van der Waals surface area contributed by atoms with Gasteiger partial charge in [0.25, 0.3) is 0 Å². The second kappa shape index (κ2) is 16.4. The van der Waals surface area contributed by atoms with Gasteiger partial charge in [-0.3, -0.25) is 0 Å². The Bertz CT molecular complexity index is 426. The number of rotatable bonds is 18. The molecule has 1 aliphatic heterocycles. The Morgan fingerprint density at radius 3 is 1.93 bits per heavy atom. The van der Waals surface area contributed by atoms with Crippen LogP contribution in [0.2, 0.25) is 0 Å². The minimum Gasteiger partial charge on any atom is -0.460 e. The van der Waals surface area contributed by atoms with Crippen molar-refractivity contribution in [2.45, 2.75) is 6.10 Å². The van der Waals surface area contributed by atoms with E-state index in [9.17, 15) is 9.59 Å². The fourth-order valence-electron chi connectivity index (χ4n) is 1.96. The molecule has 0 bridgehead atoms. The number of carbonyl (C=O) groups excluding carboxylic acids is 2.